The molecule has 1 aliphatic rings. The van der Waals surface area contributed by atoms with Crippen LogP contribution in [0.15, 0.2) is 0 Å². The Morgan fingerprint density at radius 1 is 0.690 bits per heavy atom. The van der Waals surface area contributed by atoms with Crippen LogP contribution < -0.4 is 0 Å². The van der Waals surface area contributed by atoms with E-state index in [1.54, 1.807) is 4.90 Å². The maximum absolute atomic E-state index is 11.6. The minimum Gasteiger partial charge on any atom is -0.444 e. The quantitative estimate of drug-likeness (QED) is 0.374. The molecule has 4 nitrogen and oxygen atoms in total. The summed E-state index contributed by atoms with van der Waals surface area (Å²) < 4.78 is 122. The molecule has 0 spiro atoms. The second kappa shape index (κ2) is 13.0. The van der Waals surface area contributed by atoms with Gasteiger partial charge in [0, 0.05) is 26.2 Å². The molecule has 0 N–H and O–H groups in total. The van der Waals surface area contributed by atoms with Crippen molar-refractivity contribution in [3.63, 3.8) is 0 Å². The van der Waals surface area contributed by atoms with Crippen LogP contribution in [0.4, 0.5) is 56.6 Å². The third-order valence-electron chi connectivity index (χ3n) is 2.15. The lowest BCUT2D eigenvalue weighted by Crippen LogP contribution is -2.48. The Balaban J connectivity index is -0.000000373. The zero-order chi connectivity index (χ0) is 24.3. The van der Waals surface area contributed by atoms with Gasteiger partial charge in [-0.2, -0.15) is 0 Å². The second-order valence-corrected chi connectivity index (χ2v) is 6.26. The highest BCUT2D eigenvalue weighted by Gasteiger charge is 2.24. The number of likely N-dealkylation sites (N-methyl/N-ethyl adjacent to an activating group) is 1. The molecule has 0 saturated carbocycles. The molecule has 1 saturated heterocycles. The molecular formula is C10H20B3F12N2O2-3. The van der Waals surface area contributed by atoms with E-state index in [9.17, 15) is 56.6 Å². The van der Waals surface area contributed by atoms with E-state index in [1.807, 2.05) is 20.8 Å². The molecule has 0 bridgehead atoms. The molecule has 1 amide bonds. The van der Waals surface area contributed by atoms with Crippen LogP contribution in [-0.4, -0.2) is 76.5 Å². The van der Waals surface area contributed by atoms with Gasteiger partial charge in [-0.3, -0.25) is 0 Å². The number of carbonyl (C=O) groups is 1. The summed E-state index contributed by atoms with van der Waals surface area (Å²) >= 11 is 0. The number of hydrogen-bond donors (Lipinski definition) is 0. The van der Waals surface area contributed by atoms with Gasteiger partial charge in [-0.05, 0) is 27.8 Å². The number of amides is 1. The number of carbonyl (C=O) groups excluding carboxylic acids is 1. The van der Waals surface area contributed by atoms with Crippen molar-refractivity contribution >= 4 is 27.9 Å². The van der Waals surface area contributed by atoms with E-state index >= 15 is 0 Å². The molecule has 1 fully saturated rings. The predicted octanol–water partition coefficient (Wildman–Crippen LogP) is 5.07. The first kappa shape index (κ1) is 32.3. The summed E-state index contributed by atoms with van der Waals surface area (Å²) in [4.78, 5) is 15.6. The number of nitrogens with zero attached hydrogens (tertiary/aromatic N) is 2. The van der Waals surface area contributed by atoms with Gasteiger partial charge in [0.1, 0.15) is 5.60 Å². The van der Waals surface area contributed by atoms with Gasteiger partial charge < -0.3 is 66.3 Å². The number of ether oxygens (including phenoxy) is 1. The summed E-state index contributed by atoms with van der Waals surface area (Å²) in [6.07, 6.45) is -0.189. The monoisotopic (exact) mass is 461 g/mol. The first-order chi connectivity index (χ1) is 12.4. The second-order valence-electron chi connectivity index (χ2n) is 6.26. The SMILES string of the molecule is CN1CCN(C(=O)OC(C)(C)C)CC1.F[B-](F)(F)F.F[B-](F)(F)F.F[B-](F)(F)F. The first-order valence-electron chi connectivity index (χ1n) is 7.67. The van der Waals surface area contributed by atoms with Crippen LogP contribution in [0, 0.1) is 0 Å². The lowest BCUT2D eigenvalue weighted by atomic mass is 10.2. The van der Waals surface area contributed by atoms with Crippen LogP contribution in [-0.2, 0) is 4.74 Å². The van der Waals surface area contributed by atoms with E-state index in [0.29, 0.717) is 0 Å². The Kier molecular flexibility index (Phi) is 14.5. The summed E-state index contributed by atoms with van der Waals surface area (Å²) in [7, 11) is -15.9. The zero-order valence-corrected chi connectivity index (χ0v) is 15.8. The fraction of sp³-hybridized carbons (Fsp3) is 0.900. The Morgan fingerprint density at radius 3 is 1.14 bits per heavy atom. The normalized spacial score (nSPS) is 15.7. The van der Waals surface area contributed by atoms with Crippen LogP contribution in [0.2, 0.25) is 0 Å². The number of hydrogen-bond acceptors (Lipinski definition) is 3. The molecule has 0 unspecified atom stereocenters. The zero-order valence-electron chi connectivity index (χ0n) is 15.8. The summed E-state index contributed by atoms with van der Waals surface area (Å²) in [6.45, 7) is 9.07. The molecule has 0 aromatic heterocycles. The fourth-order valence-electron chi connectivity index (χ4n) is 1.32. The van der Waals surface area contributed by atoms with Gasteiger partial charge in [0.05, 0.1) is 0 Å². The van der Waals surface area contributed by atoms with Crippen molar-refractivity contribution in [3.05, 3.63) is 0 Å². The van der Waals surface area contributed by atoms with Crippen molar-refractivity contribution in [1.82, 2.24) is 9.80 Å². The highest BCUT2D eigenvalue weighted by Crippen LogP contribution is 2.11. The summed E-state index contributed by atoms with van der Waals surface area (Å²) in [5, 5.41) is 0. The van der Waals surface area contributed by atoms with Crippen molar-refractivity contribution in [3.8, 4) is 0 Å². The number of rotatable bonds is 0. The predicted molar refractivity (Wildman–Crippen MR) is 85.9 cm³/mol. The molecule has 0 atom stereocenters. The van der Waals surface area contributed by atoms with Crippen molar-refractivity contribution in [1.29, 1.82) is 0 Å². The molecule has 178 valence electrons. The Morgan fingerprint density at radius 2 is 0.931 bits per heavy atom. The van der Waals surface area contributed by atoms with E-state index in [0.717, 1.165) is 26.2 Å². The largest absolute Gasteiger partial charge is 0.673 e. The average Bonchev–Trinajstić information content (AvgIpc) is 2.30. The lowest BCUT2D eigenvalue weighted by molar-refractivity contribution is 0.0164. The van der Waals surface area contributed by atoms with Crippen LogP contribution in [0.3, 0.4) is 0 Å². The van der Waals surface area contributed by atoms with Gasteiger partial charge in [-0.15, -0.1) is 0 Å². The van der Waals surface area contributed by atoms with Crippen LogP contribution in [0.5, 0.6) is 0 Å². The van der Waals surface area contributed by atoms with E-state index in [4.69, 9.17) is 4.74 Å². The van der Waals surface area contributed by atoms with E-state index in [2.05, 4.69) is 11.9 Å². The van der Waals surface area contributed by atoms with Crippen molar-refractivity contribution < 1.29 is 61.3 Å². The maximum Gasteiger partial charge on any atom is 0.673 e. The average molecular weight is 461 g/mol. The Hall–Kier alpha value is -1.42. The van der Waals surface area contributed by atoms with Crippen molar-refractivity contribution in [2.75, 3.05) is 33.2 Å². The third-order valence-corrected chi connectivity index (χ3v) is 2.15. The minimum atomic E-state index is -6.00. The molecule has 0 aliphatic carbocycles. The van der Waals surface area contributed by atoms with Crippen LogP contribution in [0.1, 0.15) is 20.8 Å². The molecule has 1 heterocycles. The number of piperazine rings is 1. The molecule has 19 heteroatoms. The Bertz CT molecular complexity index is 399. The Labute approximate surface area is 159 Å². The van der Waals surface area contributed by atoms with E-state index in [-0.39, 0.29) is 11.7 Å². The highest BCUT2D eigenvalue weighted by molar-refractivity contribution is 6.50. The molecule has 0 aromatic rings. The van der Waals surface area contributed by atoms with Crippen molar-refractivity contribution in [2.24, 2.45) is 0 Å². The number of halogens is 12. The molecule has 0 radical (unpaired) electrons. The highest BCUT2D eigenvalue weighted by atomic mass is 19.5. The summed E-state index contributed by atoms with van der Waals surface area (Å²) in [5.41, 5.74) is -0.388. The van der Waals surface area contributed by atoms with E-state index < -0.39 is 21.8 Å². The molecule has 1 aliphatic heterocycles. The third kappa shape index (κ3) is 52.0. The fourth-order valence-corrected chi connectivity index (χ4v) is 1.32. The molecular weight excluding hydrogens is 441 g/mol. The van der Waals surface area contributed by atoms with Crippen molar-refractivity contribution in [2.45, 2.75) is 26.4 Å². The standard InChI is InChI=1S/C10H20N2O2.3BF4/c1-10(2,3)14-9(13)12-7-5-11(4)6-8-12;3*2-1(3,4)5/h5-8H2,1-4H3;;;/q;3*-1. The smallest absolute Gasteiger partial charge is 0.444 e. The maximum atomic E-state index is 11.6. The van der Waals surface area contributed by atoms with Gasteiger partial charge in [0.25, 0.3) is 0 Å². The summed E-state index contributed by atoms with van der Waals surface area (Å²) in [5.74, 6) is 0. The molecule has 29 heavy (non-hydrogen) atoms. The van der Waals surface area contributed by atoms with Gasteiger partial charge in [0.15, 0.2) is 0 Å². The van der Waals surface area contributed by atoms with Gasteiger partial charge in [0.2, 0.25) is 0 Å². The molecule has 0 aromatic carbocycles. The van der Waals surface area contributed by atoms with Gasteiger partial charge in [-0.25, -0.2) is 4.79 Å². The first-order valence-corrected chi connectivity index (χ1v) is 7.67. The minimum absolute atomic E-state index is 0.189. The van der Waals surface area contributed by atoms with E-state index in [1.165, 1.54) is 0 Å². The van der Waals surface area contributed by atoms with Gasteiger partial charge >= 0.3 is 27.9 Å². The lowest BCUT2D eigenvalue weighted by Gasteiger charge is -2.33. The van der Waals surface area contributed by atoms with Crippen LogP contribution in [0.25, 0.3) is 0 Å². The summed E-state index contributed by atoms with van der Waals surface area (Å²) in [6, 6.07) is 0. The topological polar surface area (TPSA) is 32.8 Å². The molecule has 1 rings (SSSR count). The van der Waals surface area contributed by atoms with Crippen LogP contribution >= 0.6 is 0 Å². The van der Waals surface area contributed by atoms with Gasteiger partial charge in [-0.1, -0.05) is 0 Å².